The topological polar surface area (TPSA) is 64.2 Å². The molecule has 0 atom stereocenters. The van der Waals surface area contributed by atoms with Crippen molar-refractivity contribution in [2.24, 2.45) is 0 Å². The molecule has 3 heterocycles. The van der Waals surface area contributed by atoms with Gasteiger partial charge in [-0.15, -0.1) is 10.2 Å². The minimum Gasteiger partial charge on any atom is -0.423 e. The van der Waals surface area contributed by atoms with Gasteiger partial charge in [-0.2, -0.15) is 0 Å². The van der Waals surface area contributed by atoms with Crippen LogP contribution >= 0.6 is 11.8 Å². The maximum Gasteiger partial charge on any atom is 0.336 e. The number of para-hydroxylation sites is 1. The number of fused-ring (bicyclic) bond motifs is 1. The van der Waals surface area contributed by atoms with Crippen molar-refractivity contribution < 1.29 is 4.42 Å². The largest absolute Gasteiger partial charge is 0.423 e. The van der Waals surface area contributed by atoms with E-state index < -0.39 is 0 Å². The number of benzene rings is 2. The van der Waals surface area contributed by atoms with E-state index in [2.05, 4.69) is 44.8 Å². The molecule has 0 unspecified atom stereocenters. The van der Waals surface area contributed by atoms with Crippen molar-refractivity contribution >= 4 is 22.7 Å². The van der Waals surface area contributed by atoms with Gasteiger partial charge in [-0.25, -0.2) is 4.79 Å². The van der Waals surface area contributed by atoms with Crippen LogP contribution in [0.1, 0.15) is 35.4 Å². The summed E-state index contributed by atoms with van der Waals surface area (Å²) >= 11 is 1.60. The number of thioether (sulfide) groups is 1. The molecule has 2 aromatic carbocycles. The van der Waals surface area contributed by atoms with E-state index >= 15 is 0 Å². The first kappa shape index (κ1) is 21.0. The number of aryl methyl sites for hydroxylation is 2. The molecule has 0 bridgehead atoms. The van der Waals surface area contributed by atoms with Crippen LogP contribution in [0.2, 0.25) is 0 Å². The molecule has 4 aromatic rings. The number of nitrogens with zero attached hydrogens (tertiary/aromatic N) is 4. The monoisotopic (exact) mass is 446 g/mol. The van der Waals surface area contributed by atoms with Crippen molar-refractivity contribution in [3.8, 4) is 5.69 Å². The standard InChI is InChI=1S/C25H26N4O2S/c1-17-12-21-19(14-24(30)31-22(21)13-18(17)2)16-32-25-27-26-23(15-28-10-6-7-11-28)29(25)20-8-4-3-5-9-20/h3-5,8-9,12-14H,6-7,10-11,15-16H2,1-2H3. The van der Waals surface area contributed by atoms with Gasteiger partial charge in [-0.05, 0) is 80.7 Å². The van der Waals surface area contributed by atoms with Crippen LogP contribution in [0.25, 0.3) is 16.7 Å². The van der Waals surface area contributed by atoms with E-state index in [-0.39, 0.29) is 5.63 Å². The molecule has 6 nitrogen and oxygen atoms in total. The highest BCUT2D eigenvalue weighted by Gasteiger charge is 2.20. The maximum atomic E-state index is 12.2. The lowest BCUT2D eigenvalue weighted by Crippen LogP contribution is -2.21. The van der Waals surface area contributed by atoms with Crippen LogP contribution in [0, 0.1) is 13.8 Å². The third-order valence-corrected chi connectivity index (χ3v) is 7.06. The van der Waals surface area contributed by atoms with Crippen LogP contribution in [0.5, 0.6) is 0 Å². The molecular weight excluding hydrogens is 420 g/mol. The fourth-order valence-electron chi connectivity index (χ4n) is 4.22. The number of hydrogen-bond donors (Lipinski definition) is 0. The van der Waals surface area contributed by atoms with Crippen molar-refractivity contribution in [3.63, 3.8) is 0 Å². The third kappa shape index (κ3) is 4.23. The highest BCUT2D eigenvalue weighted by Crippen LogP contribution is 2.29. The molecule has 0 amide bonds. The van der Waals surface area contributed by atoms with Crippen LogP contribution in [0.3, 0.4) is 0 Å². The Labute approximate surface area is 191 Å². The SMILES string of the molecule is Cc1cc2oc(=O)cc(CSc3nnc(CN4CCCC4)n3-c3ccccc3)c2cc1C. The van der Waals surface area contributed by atoms with Gasteiger partial charge in [0, 0.05) is 22.9 Å². The zero-order valence-electron chi connectivity index (χ0n) is 18.4. The van der Waals surface area contributed by atoms with E-state index in [0.717, 1.165) is 52.8 Å². The predicted molar refractivity (Wildman–Crippen MR) is 127 cm³/mol. The summed E-state index contributed by atoms with van der Waals surface area (Å²) in [5, 5.41) is 10.9. The minimum atomic E-state index is -0.324. The average Bonchev–Trinajstić information content (AvgIpc) is 3.44. The first-order valence-electron chi connectivity index (χ1n) is 11.0. The van der Waals surface area contributed by atoms with Crippen LogP contribution in [0.15, 0.2) is 62.9 Å². The summed E-state index contributed by atoms with van der Waals surface area (Å²) in [6.07, 6.45) is 2.48. The lowest BCUT2D eigenvalue weighted by Gasteiger charge is -2.16. The zero-order chi connectivity index (χ0) is 22.1. The van der Waals surface area contributed by atoms with E-state index in [9.17, 15) is 4.79 Å². The molecule has 0 N–H and O–H groups in total. The Morgan fingerprint density at radius 1 is 1.00 bits per heavy atom. The summed E-state index contributed by atoms with van der Waals surface area (Å²) in [5.41, 5.74) is 4.61. The molecule has 1 fully saturated rings. The van der Waals surface area contributed by atoms with Crippen molar-refractivity contribution in [1.82, 2.24) is 19.7 Å². The van der Waals surface area contributed by atoms with Gasteiger partial charge in [-0.3, -0.25) is 9.47 Å². The molecule has 0 saturated carbocycles. The van der Waals surface area contributed by atoms with Crippen LogP contribution in [0.4, 0.5) is 0 Å². The lowest BCUT2D eigenvalue weighted by molar-refractivity contribution is 0.319. The summed E-state index contributed by atoms with van der Waals surface area (Å²) in [4.78, 5) is 14.6. The highest BCUT2D eigenvalue weighted by atomic mass is 32.2. The second-order valence-corrected chi connectivity index (χ2v) is 9.31. The maximum absolute atomic E-state index is 12.2. The van der Waals surface area contributed by atoms with E-state index in [4.69, 9.17) is 4.42 Å². The Morgan fingerprint density at radius 2 is 1.75 bits per heavy atom. The van der Waals surface area contributed by atoms with Crippen LogP contribution in [-0.2, 0) is 12.3 Å². The highest BCUT2D eigenvalue weighted by molar-refractivity contribution is 7.98. The summed E-state index contributed by atoms with van der Waals surface area (Å²) in [6, 6.07) is 15.9. The van der Waals surface area contributed by atoms with E-state index in [1.807, 2.05) is 31.2 Å². The minimum absolute atomic E-state index is 0.324. The van der Waals surface area contributed by atoms with Crippen LogP contribution < -0.4 is 5.63 Å². The summed E-state index contributed by atoms with van der Waals surface area (Å²) in [7, 11) is 0. The van der Waals surface area contributed by atoms with E-state index in [0.29, 0.717) is 11.3 Å². The summed E-state index contributed by atoms with van der Waals surface area (Å²) < 4.78 is 7.60. The Hall–Kier alpha value is -2.90. The third-order valence-electron chi connectivity index (χ3n) is 6.08. The first-order chi connectivity index (χ1) is 15.6. The van der Waals surface area contributed by atoms with Gasteiger partial charge in [0.05, 0.1) is 6.54 Å². The number of aromatic nitrogens is 3. The van der Waals surface area contributed by atoms with E-state index in [1.54, 1.807) is 17.8 Å². The molecule has 32 heavy (non-hydrogen) atoms. The molecule has 5 rings (SSSR count). The average molecular weight is 447 g/mol. The molecule has 7 heteroatoms. The predicted octanol–water partition coefficient (Wildman–Crippen LogP) is 4.88. The summed E-state index contributed by atoms with van der Waals surface area (Å²) in [6.45, 7) is 7.11. The Balaban J connectivity index is 1.49. The van der Waals surface area contributed by atoms with Gasteiger partial charge in [0.2, 0.25) is 0 Å². The molecule has 164 valence electrons. The van der Waals surface area contributed by atoms with Gasteiger partial charge >= 0.3 is 5.63 Å². The molecule has 1 aliphatic heterocycles. The number of hydrogen-bond acceptors (Lipinski definition) is 6. The fraction of sp³-hybridized carbons (Fsp3) is 0.320. The molecule has 0 aliphatic carbocycles. The number of rotatable bonds is 6. The first-order valence-corrected chi connectivity index (χ1v) is 12.0. The molecule has 0 radical (unpaired) electrons. The Bertz CT molecular complexity index is 1310. The molecule has 1 aliphatic rings. The Morgan fingerprint density at radius 3 is 2.53 bits per heavy atom. The van der Waals surface area contributed by atoms with Crippen molar-refractivity contribution in [2.45, 2.75) is 44.1 Å². The van der Waals surface area contributed by atoms with Gasteiger partial charge in [0.1, 0.15) is 5.58 Å². The molecular formula is C25H26N4O2S. The smallest absolute Gasteiger partial charge is 0.336 e. The van der Waals surface area contributed by atoms with Crippen LogP contribution in [-0.4, -0.2) is 32.8 Å². The second kappa shape index (κ2) is 8.92. The van der Waals surface area contributed by atoms with E-state index in [1.165, 1.54) is 18.4 Å². The fourth-order valence-corrected chi connectivity index (χ4v) is 5.18. The molecule has 0 spiro atoms. The lowest BCUT2D eigenvalue weighted by atomic mass is 10.0. The normalized spacial score (nSPS) is 14.4. The zero-order valence-corrected chi connectivity index (χ0v) is 19.2. The summed E-state index contributed by atoms with van der Waals surface area (Å²) in [5.74, 6) is 1.56. The van der Waals surface area contributed by atoms with Crippen molar-refractivity contribution in [2.75, 3.05) is 13.1 Å². The molecule has 2 aromatic heterocycles. The quantitative estimate of drug-likeness (QED) is 0.311. The Kier molecular flexibility index (Phi) is 5.85. The second-order valence-electron chi connectivity index (χ2n) is 8.36. The van der Waals surface area contributed by atoms with Gasteiger partial charge in [0.15, 0.2) is 11.0 Å². The van der Waals surface area contributed by atoms with Gasteiger partial charge in [-0.1, -0.05) is 30.0 Å². The van der Waals surface area contributed by atoms with Crippen molar-refractivity contribution in [1.29, 1.82) is 0 Å². The van der Waals surface area contributed by atoms with Crippen molar-refractivity contribution in [3.05, 3.63) is 81.5 Å². The molecule has 1 saturated heterocycles. The number of likely N-dealkylation sites (tertiary alicyclic amines) is 1. The van der Waals surface area contributed by atoms with Gasteiger partial charge < -0.3 is 4.42 Å². The van der Waals surface area contributed by atoms with Gasteiger partial charge in [0.25, 0.3) is 0 Å².